The lowest BCUT2D eigenvalue weighted by molar-refractivity contribution is -0.119. The molecule has 2 N–H and O–H groups in total. The fraction of sp³-hybridized carbons (Fsp3) is 0.231. The van der Waals surface area contributed by atoms with Crippen molar-refractivity contribution in [2.45, 2.75) is 6.54 Å². The summed E-state index contributed by atoms with van der Waals surface area (Å²) in [6.45, 7) is 4.33. The number of hydrogen-bond donors (Lipinski definition) is 2. The van der Waals surface area contributed by atoms with Crippen LogP contribution in [0.1, 0.15) is 15.9 Å². The van der Waals surface area contributed by atoms with Gasteiger partial charge in [-0.05, 0) is 48.0 Å². The lowest BCUT2D eigenvalue weighted by Gasteiger charge is -2.36. The van der Waals surface area contributed by atoms with Gasteiger partial charge in [-0.1, -0.05) is 41.9 Å². The number of carbonyl (C=O) groups is 2. The van der Waals surface area contributed by atoms with E-state index in [0.717, 1.165) is 38.4 Å². The zero-order valence-electron chi connectivity index (χ0n) is 18.6. The summed E-state index contributed by atoms with van der Waals surface area (Å²) >= 11 is 5.84. The molecule has 0 spiro atoms. The van der Waals surface area contributed by atoms with E-state index >= 15 is 0 Å². The van der Waals surface area contributed by atoms with Crippen LogP contribution in [0.25, 0.3) is 0 Å². The molecular formula is C26H26ClN3O4. The van der Waals surface area contributed by atoms with Crippen LogP contribution in [-0.2, 0) is 16.1 Å². The largest absolute Gasteiger partial charge is 0.507 e. The fourth-order valence-corrected chi connectivity index (χ4v) is 4.01. The number of esters is 1. The van der Waals surface area contributed by atoms with Crippen molar-refractivity contribution < 1.29 is 19.4 Å². The Labute approximate surface area is 203 Å². The Balaban J connectivity index is 1.23. The van der Waals surface area contributed by atoms with Crippen LogP contribution in [0, 0.1) is 0 Å². The SMILES string of the molecule is O=C(COC(=O)c1cc(Cl)ccc1O)Nc1ccc(N2CCN(Cc3ccccc3)CC2)cc1. The quantitative estimate of drug-likeness (QED) is 0.495. The van der Waals surface area contributed by atoms with Crippen molar-refractivity contribution in [2.24, 2.45) is 0 Å². The zero-order valence-corrected chi connectivity index (χ0v) is 19.4. The topological polar surface area (TPSA) is 82.1 Å². The molecule has 1 saturated heterocycles. The maximum Gasteiger partial charge on any atom is 0.342 e. The number of benzene rings is 3. The highest BCUT2D eigenvalue weighted by Gasteiger charge is 2.18. The number of piperazine rings is 1. The molecule has 0 bridgehead atoms. The minimum Gasteiger partial charge on any atom is -0.507 e. The number of ether oxygens (including phenoxy) is 1. The second-order valence-corrected chi connectivity index (χ2v) is 8.52. The van der Waals surface area contributed by atoms with E-state index in [1.165, 1.54) is 23.8 Å². The van der Waals surface area contributed by atoms with Crippen molar-refractivity contribution in [1.29, 1.82) is 0 Å². The first-order chi connectivity index (χ1) is 16.5. The third kappa shape index (κ3) is 6.27. The fourth-order valence-electron chi connectivity index (χ4n) is 3.84. The van der Waals surface area contributed by atoms with Gasteiger partial charge in [-0.3, -0.25) is 9.69 Å². The number of aromatic hydroxyl groups is 1. The Hall–Kier alpha value is -3.55. The summed E-state index contributed by atoms with van der Waals surface area (Å²) in [5.41, 5.74) is 2.94. The van der Waals surface area contributed by atoms with Gasteiger partial charge in [-0.25, -0.2) is 4.79 Å². The molecule has 0 saturated carbocycles. The molecule has 1 fully saturated rings. The Morgan fingerprint density at radius 3 is 2.35 bits per heavy atom. The second kappa shape index (κ2) is 11.0. The van der Waals surface area contributed by atoms with E-state index in [9.17, 15) is 14.7 Å². The molecule has 3 aromatic carbocycles. The van der Waals surface area contributed by atoms with Crippen LogP contribution in [0.2, 0.25) is 5.02 Å². The predicted octanol–water partition coefficient (Wildman–Crippen LogP) is 4.16. The molecule has 3 aromatic rings. The molecule has 1 aliphatic heterocycles. The first-order valence-corrected chi connectivity index (χ1v) is 11.4. The molecule has 0 aliphatic carbocycles. The van der Waals surface area contributed by atoms with Gasteiger partial charge in [0, 0.05) is 49.1 Å². The number of phenols is 1. The number of carbonyl (C=O) groups excluding carboxylic acids is 2. The lowest BCUT2D eigenvalue weighted by atomic mass is 10.2. The van der Waals surface area contributed by atoms with Gasteiger partial charge in [0.15, 0.2) is 6.61 Å². The number of halogens is 1. The third-order valence-electron chi connectivity index (χ3n) is 5.65. The second-order valence-electron chi connectivity index (χ2n) is 8.08. The van der Waals surface area contributed by atoms with Gasteiger partial charge in [-0.2, -0.15) is 0 Å². The smallest absolute Gasteiger partial charge is 0.342 e. The normalized spacial score (nSPS) is 14.0. The first kappa shape index (κ1) is 23.6. The average molecular weight is 480 g/mol. The van der Waals surface area contributed by atoms with E-state index in [4.69, 9.17) is 16.3 Å². The maximum atomic E-state index is 12.2. The summed E-state index contributed by atoms with van der Waals surface area (Å²) in [6, 6.07) is 22.1. The minimum absolute atomic E-state index is 0.0893. The standard InChI is InChI=1S/C26H26ClN3O4/c27-20-6-11-24(31)23(16-20)26(33)34-18-25(32)28-21-7-9-22(10-8-21)30-14-12-29(13-15-30)17-19-4-2-1-3-5-19/h1-11,16,31H,12-15,17-18H2,(H,28,32). The molecule has 0 aromatic heterocycles. The minimum atomic E-state index is -0.822. The molecular weight excluding hydrogens is 454 g/mol. The van der Waals surface area contributed by atoms with Gasteiger partial charge in [-0.15, -0.1) is 0 Å². The Morgan fingerprint density at radius 2 is 1.65 bits per heavy atom. The average Bonchev–Trinajstić information content (AvgIpc) is 2.86. The van der Waals surface area contributed by atoms with E-state index in [2.05, 4.69) is 39.4 Å². The van der Waals surface area contributed by atoms with E-state index in [0.29, 0.717) is 5.69 Å². The van der Waals surface area contributed by atoms with Crippen LogP contribution in [-0.4, -0.2) is 54.7 Å². The van der Waals surface area contributed by atoms with Crippen LogP contribution in [0.5, 0.6) is 5.75 Å². The number of anilines is 2. The molecule has 7 nitrogen and oxygen atoms in total. The molecule has 1 heterocycles. The number of hydrogen-bond acceptors (Lipinski definition) is 6. The Bertz CT molecular complexity index is 1130. The van der Waals surface area contributed by atoms with Crippen LogP contribution >= 0.6 is 11.6 Å². The van der Waals surface area contributed by atoms with E-state index < -0.39 is 18.5 Å². The van der Waals surface area contributed by atoms with Gasteiger partial charge >= 0.3 is 5.97 Å². The number of rotatable bonds is 7. The van der Waals surface area contributed by atoms with Gasteiger partial charge in [0.1, 0.15) is 11.3 Å². The monoisotopic (exact) mass is 479 g/mol. The van der Waals surface area contributed by atoms with Crippen molar-refractivity contribution in [3.05, 3.63) is 88.9 Å². The zero-order chi connectivity index (χ0) is 23.9. The molecule has 0 radical (unpaired) electrons. The van der Waals surface area contributed by atoms with Crippen LogP contribution in [0.4, 0.5) is 11.4 Å². The van der Waals surface area contributed by atoms with Crippen LogP contribution in [0.3, 0.4) is 0 Å². The maximum absolute atomic E-state index is 12.2. The van der Waals surface area contributed by atoms with E-state index in [-0.39, 0.29) is 16.3 Å². The van der Waals surface area contributed by atoms with Crippen LogP contribution < -0.4 is 10.2 Å². The molecule has 0 unspecified atom stereocenters. The van der Waals surface area contributed by atoms with E-state index in [1.807, 2.05) is 30.3 Å². The molecule has 0 atom stereocenters. The number of amides is 1. The molecule has 1 amide bonds. The van der Waals surface area contributed by atoms with Gasteiger partial charge in [0.2, 0.25) is 0 Å². The van der Waals surface area contributed by atoms with Crippen molar-refractivity contribution in [3.8, 4) is 5.75 Å². The van der Waals surface area contributed by atoms with Crippen molar-refractivity contribution in [2.75, 3.05) is 43.0 Å². The summed E-state index contributed by atoms with van der Waals surface area (Å²) in [5, 5.41) is 12.7. The summed E-state index contributed by atoms with van der Waals surface area (Å²) in [6.07, 6.45) is 0. The third-order valence-corrected chi connectivity index (χ3v) is 5.89. The van der Waals surface area contributed by atoms with Gasteiger partial charge in [0.25, 0.3) is 5.91 Å². The molecule has 8 heteroatoms. The van der Waals surface area contributed by atoms with Crippen molar-refractivity contribution >= 4 is 34.9 Å². The highest BCUT2D eigenvalue weighted by molar-refractivity contribution is 6.31. The number of nitrogens with one attached hydrogen (secondary N) is 1. The summed E-state index contributed by atoms with van der Waals surface area (Å²) in [7, 11) is 0. The molecule has 34 heavy (non-hydrogen) atoms. The molecule has 176 valence electrons. The van der Waals surface area contributed by atoms with Crippen LogP contribution in [0.15, 0.2) is 72.8 Å². The van der Waals surface area contributed by atoms with Crippen molar-refractivity contribution in [1.82, 2.24) is 4.90 Å². The summed E-state index contributed by atoms with van der Waals surface area (Å²) in [4.78, 5) is 29.0. The van der Waals surface area contributed by atoms with Gasteiger partial charge in [0.05, 0.1) is 0 Å². The van der Waals surface area contributed by atoms with E-state index in [1.54, 1.807) is 0 Å². The molecule has 4 rings (SSSR count). The lowest BCUT2D eigenvalue weighted by Crippen LogP contribution is -2.45. The Morgan fingerprint density at radius 1 is 0.941 bits per heavy atom. The molecule has 1 aliphatic rings. The predicted molar refractivity (Wildman–Crippen MR) is 132 cm³/mol. The van der Waals surface area contributed by atoms with Gasteiger partial charge < -0.3 is 20.1 Å². The highest BCUT2D eigenvalue weighted by Crippen LogP contribution is 2.23. The first-order valence-electron chi connectivity index (χ1n) is 11.0. The Kier molecular flexibility index (Phi) is 7.67. The summed E-state index contributed by atoms with van der Waals surface area (Å²) in [5.74, 6) is -1.56. The highest BCUT2D eigenvalue weighted by atomic mass is 35.5. The number of nitrogens with zero attached hydrogens (tertiary/aromatic N) is 2. The number of phenolic OH excluding ortho intramolecular Hbond substituents is 1. The summed E-state index contributed by atoms with van der Waals surface area (Å²) < 4.78 is 4.99. The van der Waals surface area contributed by atoms with Crippen molar-refractivity contribution in [3.63, 3.8) is 0 Å².